The summed E-state index contributed by atoms with van der Waals surface area (Å²) in [4.78, 5) is 53.0. The number of amides is 1. The van der Waals surface area contributed by atoms with Crippen molar-refractivity contribution in [2.45, 2.75) is 240 Å². The highest BCUT2D eigenvalue weighted by Crippen LogP contribution is 2.18. The number of unbranched alkanes of at least 4 members (excludes halogenated alkanes) is 21. The van der Waals surface area contributed by atoms with E-state index < -0.39 is 24.5 Å². The summed E-state index contributed by atoms with van der Waals surface area (Å²) in [6.45, 7) is 14.1. The van der Waals surface area contributed by atoms with Crippen LogP contribution in [0, 0.1) is 5.92 Å². The van der Waals surface area contributed by atoms with E-state index in [1.54, 1.807) is 0 Å². The minimum Gasteiger partial charge on any atom is -0.465 e. The normalized spacial score (nSPS) is 12.0. The molecule has 0 bridgehead atoms. The quantitative estimate of drug-likeness (QED) is 0.0210. The molecule has 1 N–H and O–H groups in total. The summed E-state index contributed by atoms with van der Waals surface area (Å²) in [5.41, 5.74) is 0. The van der Waals surface area contributed by atoms with Crippen LogP contribution in [0.25, 0.3) is 0 Å². The van der Waals surface area contributed by atoms with E-state index in [9.17, 15) is 19.2 Å². The molecule has 0 rings (SSSR count). The third-order valence-corrected chi connectivity index (χ3v) is 11.5. The fraction of sp³-hybridized carbons (Fsp3) is 0.882. The van der Waals surface area contributed by atoms with Crippen LogP contribution in [0.5, 0.6) is 0 Å². The van der Waals surface area contributed by atoms with Gasteiger partial charge < -0.3 is 29.2 Å². The predicted molar refractivity (Wildman–Crippen MR) is 252 cm³/mol. The smallest absolute Gasteiger partial charge is 0.465 e. The lowest BCUT2D eigenvalue weighted by Crippen LogP contribution is -2.29. The Kier molecular flexibility index (Phi) is 43.5. The second-order valence-corrected chi connectivity index (χ2v) is 17.2. The van der Waals surface area contributed by atoms with Gasteiger partial charge in [0.25, 0.3) is 0 Å². The first-order valence-corrected chi connectivity index (χ1v) is 25.6. The first-order valence-electron chi connectivity index (χ1n) is 25.6. The first-order chi connectivity index (χ1) is 29.8. The van der Waals surface area contributed by atoms with Crippen LogP contribution in [0.1, 0.15) is 234 Å². The molecule has 1 unspecified atom stereocenters. The Morgan fingerprint density at radius 1 is 0.525 bits per heavy atom. The molecular formula is C51H96N2O8. The van der Waals surface area contributed by atoms with Gasteiger partial charge in [-0.2, -0.15) is 0 Å². The maximum absolute atomic E-state index is 12.9. The number of esters is 2. The first kappa shape index (κ1) is 58.4. The Balaban J connectivity index is 4.81. The summed E-state index contributed by atoms with van der Waals surface area (Å²) in [5.74, 6) is -1.62. The number of hydrogen-bond donors (Lipinski definition) is 1. The van der Waals surface area contributed by atoms with Gasteiger partial charge in [-0.25, -0.2) is 4.79 Å². The van der Waals surface area contributed by atoms with Crippen molar-refractivity contribution in [2.24, 2.45) is 5.92 Å². The van der Waals surface area contributed by atoms with Crippen LogP contribution in [0.2, 0.25) is 0 Å². The Morgan fingerprint density at radius 2 is 1.02 bits per heavy atom. The SMILES string of the molecule is CCCCCCCC/C=C\CCCCCCCC(=O)NCCC(COC(=O)CC(=O)OC(CCCCCCCC)CCCCCCCC)COC(=O)OCCCN(CC)CC. The van der Waals surface area contributed by atoms with E-state index in [2.05, 4.69) is 57.0 Å². The second-order valence-electron chi connectivity index (χ2n) is 17.2. The molecule has 0 aromatic heterocycles. The molecule has 1 amide bonds. The lowest BCUT2D eigenvalue weighted by molar-refractivity contribution is -0.159. The number of nitrogens with zero attached hydrogens (tertiary/aromatic N) is 1. The minimum atomic E-state index is -0.769. The average molecular weight is 865 g/mol. The van der Waals surface area contributed by atoms with Crippen molar-refractivity contribution >= 4 is 24.0 Å². The lowest BCUT2D eigenvalue weighted by Gasteiger charge is -2.19. The zero-order valence-electron chi connectivity index (χ0n) is 40.4. The van der Waals surface area contributed by atoms with Crippen LogP contribution in [-0.4, -0.2) is 81.0 Å². The number of hydrogen-bond acceptors (Lipinski definition) is 9. The molecule has 0 fully saturated rings. The van der Waals surface area contributed by atoms with Crippen LogP contribution in [0.3, 0.4) is 0 Å². The summed E-state index contributed by atoms with van der Waals surface area (Å²) in [5, 5.41) is 2.98. The van der Waals surface area contributed by atoms with Gasteiger partial charge in [0.15, 0.2) is 0 Å². The van der Waals surface area contributed by atoms with Gasteiger partial charge in [-0.3, -0.25) is 14.4 Å². The molecule has 0 spiro atoms. The maximum Gasteiger partial charge on any atom is 0.508 e. The van der Waals surface area contributed by atoms with E-state index in [4.69, 9.17) is 18.9 Å². The Hall–Kier alpha value is -2.62. The Morgan fingerprint density at radius 3 is 1.56 bits per heavy atom. The summed E-state index contributed by atoms with van der Waals surface area (Å²) in [6, 6.07) is 0. The van der Waals surface area contributed by atoms with Gasteiger partial charge >= 0.3 is 18.1 Å². The predicted octanol–water partition coefficient (Wildman–Crippen LogP) is 13.4. The Labute approximate surface area is 375 Å². The molecule has 0 aliphatic carbocycles. The fourth-order valence-corrected chi connectivity index (χ4v) is 7.46. The molecule has 10 heteroatoms. The monoisotopic (exact) mass is 865 g/mol. The molecular weight excluding hydrogens is 769 g/mol. The molecule has 0 saturated carbocycles. The van der Waals surface area contributed by atoms with Crippen LogP contribution in [-0.2, 0) is 33.3 Å². The number of nitrogens with one attached hydrogen (secondary N) is 1. The number of carbonyl (C=O) groups is 4. The Bertz CT molecular complexity index is 1030. The fourth-order valence-electron chi connectivity index (χ4n) is 7.46. The number of rotatable bonds is 45. The van der Waals surface area contributed by atoms with Crippen molar-refractivity contribution < 1.29 is 38.1 Å². The van der Waals surface area contributed by atoms with E-state index in [0.717, 1.165) is 83.8 Å². The van der Waals surface area contributed by atoms with Gasteiger partial charge in [0, 0.05) is 25.4 Å². The van der Waals surface area contributed by atoms with Crippen LogP contribution in [0.4, 0.5) is 4.79 Å². The molecule has 0 radical (unpaired) electrons. The van der Waals surface area contributed by atoms with Gasteiger partial charge in [0.05, 0.1) is 13.2 Å². The third-order valence-electron chi connectivity index (χ3n) is 11.5. The van der Waals surface area contributed by atoms with Gasteiger partial charge in [-0.15, -0.1) is 0 Å². The van der Waals surface area contributed by atoms with Crippen molar-refractivity contribution in [3.63, 3.8) is 0 Å². The number of ether oxygens (including phenoxy) is 4. The molecule has 0 aliphatic rings. The van der Waals surface area contributed by atoms with Gasteiger partial charge in [0.2, 0.25) is 5.91 Å². The van der Waals surface area contributed by atoms with E-state index in [1.165, 1.54) is 109 Å². The summed E-state index contributed by atoms with van der Waals surface area (Å²) >= 11 is 0. The van der Waals surface area contributed by atoms with E-state index in [0.29, 0.717) is 25.8 Å². The topological polar surface area (TPSA) is 120 Å². The summed E-state index contributed by atoms with van der Waals surface area (Å²) in [6.07, 6.45) is 36.3. The average Bonchev–Trinajstić information content (AvgIpc) is 3.25. The van der Waals surface area contributed by atoms with Crippen molar-refractivity contribution in [3.8, 4) is 0 Å². The summed E-state index contributed by atoms with van der Waals surface area (Å²) < 4.78 is 22.1. The second kappa shape index (κ2) is 45.4. The van der Waals surface area contributed by atoms with Crippen molar-refractivity contribution in [3.05, 3.63) is 12.2 Å². The number of carbonyl (C=O) groups excluding carboxylic acids is 4. The molecule has 1 atom stereocenters. The lowest BCUT2D eigenvalue weighted by atomic mass is 10.0. The molecule has 0 aliphatic heterocycles. The van der Waals surface area contributed by atoms with Crippen molar-refractivity contribution in [2.75, 3.05) is 46.0 Å². The van der Waals surface area contributed by atoms with E-state index >= 15 is 0 Å². The van der Waals surface area contributed by atoms with Gasteiger partial charge in [-0.1, -0.05) is 162 Å². The summed E-state index contributed by atoms with van der Waals surface area (Å²) in [7, 11) is 0. The van der Waals surface area contributed by atoms with Gasteiger partial charge in [-0.05, 0) is 83.7 Å². The third kappa shape index (κ3) is 41.2. The van der Waals surface area contributed by atoms with Gasteiger partial charge in [0.1, 0.15) is 19.1 Å². The maximum atomic E-state index is 12.9. The minimum absolute atomic E-state index is 0.0129. The zero-order valence-corrected chi connectivity index (χ0v) is 40.4. The molecule has 0 heterocycles. The van der Waals surface area contributed by atoms with E-state index in [-0.39, 0.29) is 37.7 Å². The molecule has 0 aromatic carbocycles. The molecule has 0 aromatic rings. The standard InChI is InChI=1S/C51H96N2O8/c1-6-11-14-17-20-21-22-23-24-25-26-27-28-31-34-38-48(54)52-40-39-46(45-60-51(57)58-42-35-41-53(9-4)10-5)44-59-49(55)43-50(56)61-47(36-32-29-18-15-12-7-2)37-33-30-19-16-13-8-3/h23-24,46-47H,6-22,25-45H2,1-5H3,(H,52,54)/b24-23-. The molecule has 358 valence electrons. The zero-order chi connectivity index (χ0) is 44.9. The highest BCUT2D eigenvalue weighted by molar-refractivity contribution is 5.91. The van der Waals surface area contributed by atoms with Crippen LogP contribution >= 0.6 is 0 Å². The highest BCUT2D eigenvalue weighted by Gasteiger charge is 2.21. The van der Waals surface area contributed by atoms with Crippen LogP contribution in [0.15, 0.2) is 12.2 Å². The number of allylic oxidation sites excluding steroid dienone is 2. The largest absolute Gasteiger partial charge is 0.508 e. The van der Waals surface area contributed by atoms with Crippen molar-refractivity contribution in [1.82, 2.24) is 10.2 Å². The molecule has 61 heavy (non-hydrogen) atoms. The molecule has 10 nitrogen and oxygen atoms in total. The molecule has 0 saturated heterocycles. The van der Waals surface area contributed by atoms with Crippen molar-refractivity contribution in [1.29, 1.82) is 0 Å². The van der Waals surface area contributed by atoms with E-state index in [1.807, 2.05) is 0 Å². The van der Waals surface area contributed by atoms with Crippen LogP contribution < -0.4 is 5.32 Å². The highest BCUT2D eigenvalue weighted by atomic mass is 16.7.